The van der Waals surface area contributed by atoms with E-state index in [1.807, 2.05) is 24.3 Å². The predicted octanol–water partition coefficient (Wildman–Crippen LogP) is 1.90. The standard InChI is InChI=1S/C24H26FN5O2/c25-19-14-28-20-6-7-21(31)30-16-24(32,22(19)23(20)30)15-29-12-8-18(9-13-29)27-11-3-5-17-4-1-2-10-26-17/h1-7,10,14,18,27,32H,8-9,11-13,15-16H2/t24-/m0/s1. The van der Waals surface area contributed by atoms with E-state index in [2.05, 4.69) is 26.3 Å². The molecule has 0 amide bonds. The van der Waals surface area contributed by atoms with Crippen LogP contribution in [0.25, 0.3) is 17.1 Å². The number of aromatic nitrogens is 3. The number of β-amino-alcohol motifs (C(OH)–C–C–N with tert-alkyl or cyclic N) is 1. The number of pyridine rings is 3. The van der Waals surface area contributed by atoms with Crippen molar-refractivity contribution in [3.63, 3.8) is 0 Å². The van der Waals surface area contributed by atoms with E-state index in [1.165, 1.54) is 10.6 Å². The lowest BCUT2D eigenvalue weighted by Crippen LogP contribution is -2.48. The number of nitrogens with zero attached hydrogens (tertiary/aromatic N) is 4. The zero-order valence-corrected chi connectivity index (χ0v) is 17.7. The van der Waals surface area contributed by atoms with Gasteiger partial charge in [-0.2, -0.15) is 0 Å². The minimum absolute atomic E-state index is 0.0532. The van der Waals surface area contributed by atoms with Crippen molar-refractivity contribution in [1.82, 2.24) is 24.8 Å². The topological polar surface area (TPSA) is 83.3 Å². The van der Waals surface area contributed by atoms with Crippen molar-refractivity contribution < 1.29 is 9.50 Å². The van der Waals surface area contributed by atoms with E-state index in [0.29, 0.717) is 17.1 Å². The Balaban J connectivity index is 1.20. The van der Waals surface area contributed by atoms with Crippen molar-refractivity contribution in [3.8, 4) is 0 Å². The van der Waals surface area contributed by atoms with Crippen LogP contribution in [-0.4, -0.2) is 56.8 Å². The third-order valence-corrected chi connectivity index (χ3v) is 6.41. The second-order valence-electron chi connectivity index (χ2n) is 8.62. The van der Waals surface area contributed by atoms with Gasteiger partial charge >= 0.3 is 0 Å². The summed E-state index contributed by atoms with van der Waals surface area (Å²) in [6, 6.07) is 9.22. The molecule has 0 spiro atoms. The highest BCUT2D eigenvalue weighted by atomic mass is 19.1. The molecule has 0 unspecified atom stereocenters. The molecule has 1 fully saturated rings. The Morgan fingerprint density at radius 1 is 1.22 bits per heavy atom. The fourth-order valence-electron chi connectivity index (χ4n) is 4.86. The number of rotatable bonds is 6. The van der Waals surface area contributed by atoms with Crippen molar-refractivity contribution in [1.29, 1.82) is 0 Å². The van der Waals surface area contributed by atoms with Gasteiger partial charge in [0.2, 0.25) is 0 Å². The summed E-state index contributed by atoms with van der Waals surface area (Å²) < 4.78 is 16.2. The Hall–Kier alpha value is -2.94. The molecule has 8 heteroatoms. The fourth-order valence-corrected chi connectivity index (χ4v) is 4.86. The van der Waals surface area contributed by atoms with Gasteiger partial charge in [-0.25, -0.2) is 4.39 Å². The van der Waals surface area contributed by atoms with E-state index in [1.54, 1.807) is 12.3 Å². The van der Waals surface area contributed by atoms with Crippen LogP contribution in [0.2, 0.25) is 0 Å². The first-order valence-corrected chi connectivity index (χ1v) is 11.0. The van der Waals surface area contributed by atoms with Crippen molar-refractivity contribution >= 4 is 17.1 Å². The van der Waals surface area contributed by atoms with Crippen LogP contribution in [0.1, 0.15) is 24.1 Å². The van der Waals surface area contributed by atoms with Crippen LogP contribution in [0.5, 0.6) is 0 Å². The summed E-state index contributed by atoms with van der Waals surface area (Å²) in [7, 11) is 0. The monoisotopic (exact) mass is 435 g/mol. The van der Waals surface area contributed by atoms with Crippen molar-refractivity contribution in [3.05, 3.63) is 76.2 Å². The summed E-state index contributed by atoms with van der Waals surface area (Å²) >= 11 is 0. The van der Waals surface area contributed by atoms with Crippen LogP contribution in [-0.2, 0) is 12.1 Å². The van der Waals surface area contributed by atoms with E-state index in [9.17, 15) is 14.3 Å². The van der Waals surface area contributed by atoms with Crippen LogP contribution >= 0.6 is 0 Å². The maximum Gasteiger partial charge on any atom is 0.251 e. The highest BCUT2D eigenvalue weighted by Crippen LogP contribution is 2.37. The molecule has 3 aromatic heterocycles. The van der Waals surface area contributed by atoms with E-state index in [0.717, 1.165) is 44.4 Å². The average molecular weight is 436 g/mol. The van der Waals surface area contributed by atoms with E-state index in [4.69, 9.17) is 0 Å². The normalized spacial score (nSPS) is 21.7. The molecule has 7 nitrogen and oxygen atoms in total. The molecule has 0 bridgehead atoms. The summed E-state index contributed by atoms with van der Waals surface area (Å²) in [5, 5.41) is 15.0. The lowest BCUT2D eigenvalue weighted by atomic mass is 9.93. The molecular weight excluding hydrogens is 409 g/mol. The molecule has 3 aromatic rings. The number of halogens is 1. The first kappa shape index (κ1) is 20.9. The summed E-state index contributed by atoms with van der Waals surface area (Å²) in [5.74, 6) is -0.562. The van der Waals surface area contributed by atoms with Gasteiger partial charge < -0.3 is 15.0 Å². The summed E-state index contributed by atoms with van der Waals surface area (Å²) in [6.07, 6.45) is 8.86. The Labute approximate surface area is 185 Å². The maximum absolute atomic E-state index is 14.7. The Bertz CT molecular complexity index is 1200. The Morgan fingerprint density at radius 3 is 2.84 bits per heavy atom. The number of hydrogen-bond donors (Lipinski definition) is 2. The number of aliphatic hydroxyl groups is 1. The van der Waals surface area contributed by atoms with Crippen LogP contribution in [0.3, 0.4) is 0 Å². The first-order valence-electron chi connectivity index (χ1n) is 11.0. The number of nitrogens with one attached hydrogen (secondary N) is 1. The molecule has 2 N–H and O–H groups in total. The Kier molecular flexibility index (Phi) is 5.58. The van der Waals surface area contributed by atoms with Gasteiger partial charge in [0, 0.05) is 31.4 Å². The second kappa shape index (κ2) is 8.54. The quantitative estimate of drug-likeness (QED) is 0.616. The van der Waals surface area contributed by atoms with E-state index < -0.39 is 11.4 Å². The minimum Gasteiger partial charge on any atom is -0.382 e. The molecule has 1 saturated heterocycles. The van der Waals surface area contributed by atoms with Crippen LogP contribution in [0.4, 0.5) is 4.39 Å². The van der Waals surface area contributed by atoms with Gasteiger partial charge in [-0.15, -0.1) is 0 Å². The van der Waals surface area contributed by atoms with Gasteiger partial charge in [0.15, 0.2) is 0 Å². The van der Waals surface area contributed by atoms with Gasteiger partial charge in [0.05, 0.1) is 35.0 Å². The highest BCUT2D eigenvalue weighted by molar-refractivity contribution is 5.81. The molecule has 2 aliphatic rings. The molecule has 166 valence electrons. The molecule has 0 saturated carbocycles. The first-order chi connectivity index (χ1) is 15.5. The zero-order chi connectivity index (χ0) is 22.1. The van der Waals surface area contributed by atoms with Crippen LogP contribution in [0.15, 0.2) is 53.6 Å². The lowest BCUT2D eigenvalue weighted by Gasteiger charge is -2.37. The van der Waals surface area contributed by atoms with Gasteiger partial charge in [0.1, 0.15) is 11.4 Å². The van der Waals surface area contributed by atoms with Crippen molar-refractivity contribution in [2.45, 2.75) is 31.0 Å². The zero-order valence-electron chi connectivity index (χ0n) is 17.7. The number of piperidine rings is 1. The molecule has 5 rings (SSSR count). The summed E-state index contributed by atoms with van der Waals surface area (Å²) in [4.78, 5) is 22.8. The number of likely N-dealkylation sites (tertiary alicyclic amines) is 1. The van der Waals surface area contributed by atoms with Crippen LogP contribution in [0, 0.1) is 5.82 Å². The van der Waals surface area contributed by atoms with Gasteiger partial charge in [0.25, 0.3) is 5.56 Å². The fraction of sp³-hybridized carbons (Fsp3) is 0.375. The molecule has 2 aliphatic heterocycles. The molecule has 0 aliphatic carbocycles. The highest BCUT2D eigenvalue weighted by Gasteiger charge is 2.43. The second-order valence-corrected chi connectivity index (χ2v) is 8.62. The lowest BCUT2D eigenvalue weighted by molar-refractivity contribution is -0.0158. The SMILES string of the molecule is O=c1ccc2ncc(F)c3c2n1C[C@@]3(O)CN1CCC(NCC=Cc2ccccn2)CC1. The third-order valence-electron chi connectivity index (χ3n) is 6.41. The van der Waals surface area contributed by atoms with Gasteiger partial charge in [-0.05, 0) is 50.2 Å². The molecule has 0 radical (unpaired) electrons. The molecule has 0 aromatic carbocycles. The number of hydrogen-bond acceptors (Lipinski definition) is 6. The summed E-state index contributed by atoms with van der Waals surface area (Å²) in [5.41, 5.74) is 0.384. The van der Waals surface area contributed by atoms with E-state index >= 15 is 0 Å². The van der Waals surface area contributed by atoms with Gasteiger partial charge in [-0.3, -0.25) is 19.7 Å². The smallest absolute Gasteiger partial charge is 0.251 e. The Morgan fingerprint density at radius 2 is 2.06 bits per heavy atom. The molecule has 5 heterocycles. The largest absolute Gasteiger partial charge is 0.382 e. The molecular formula is C24H26FN5O2. The molecule has 1 atom stereocenters. The molecule has 32 heavy (non-hydrogen) atoms. The maximum atomic E-state index is 14.7. The van der Waals surface area contributed by atoms with E-state index in [-0.39, 0.29) is 24.2 Å². The summed E-state index contributed by atoms with van der Waals surface area (Å²) in [6.45, 7) is 2.70. The van der Waals surface area contributed by atoms with Crippen molar-refractivity contribution in [2.24, 2.45) is 0 Å². The van der Waals surface area contributed by atoms with Gasteiger partial charge in [-0.1, -0.05) is 12.1 Å². The third kappa shape index (κ3) is 3.97. The van der Waals surface area contributed by atoms with Crippen molar-refractivity contribution in [2.75, 3.05) is 26.2 Å². The average Bonchev–Trinajstić information content (AvgIpc) is 3.12. The predicted molar refractivity (Wildman–Crippen MR) is 121 cm³/mol. The minimum atomic E-state index is -1.44. The van der Waals surface area contributed by atoms with Crippen LogP contribution < -0.4 is 10.9 Å².